The number of ketones is 1. The smallest absolute Gasteiger partial charge is 0.492 e. The van der Waals surface area contributed by atoms with Gasteiger partial charge in [-0.15, -0.1) is 0 Å². The second-order valence-corrected chi connectivity index (χ2v) is 11.1. The van der Waals surface area contributed by atoms with Crippen LogP contribution >= 0.6 is 0 Å². The molecule has 2 fully saturated rings. The number of rotatable bonds is 9. The van der Waals surface area contributed by atoms with Crippen molar-refractivity contribution in [3.8, 4) is 5.75 Å². The van der Waals surface area contributed by atoms with Crippen LogP contribution in [0.5, 0.6) is 5.75 Å². The van der Waals surface area contributed by atoms with Gasteiger partial charge in [-0.1, -0.05) is 13.0 Å². The molecule has 0 spiro atoms. The number of piperazine rings is 1. The van der Waals surface area contributed by atoms with E-state index in [4.69, 9.17) is 9.39 Å². The van der Waals surface area contributed by atoms with E-state index in [0.717, 1.165) is 62.1 Å². The van der Waals surface area contributed by atoms with Crippen LogP contribution in [-0.4, -0.2) is 66.7 Å². The zero-order valence-electron chi connectivity index (χ0n) is 23.1. The van der Waals surface area contributed by atoms with Crippen molar-refractivity contribution in [1.82, 2.24) is 9.47 Å². The summed E-state index contributed by atoms with van der Waals surface area (Å²) in [6.07, 6.45) is 5.24. The number of ether oxygens (including phenoxy) is 1. The molecular formula is C30H35BFN3O5. The summed E-state index contributed by atoms with van der Waals surface area (Å²) in [5.41, 5.74) is 2.75. The Bertz CT molecular complexity index is 1500. The fraction of sp³-hybridized carbons (Fsp3) is 0.467. The molecule has 2 aliphatic heterocycles. The molecule has 3 aliphatic rings. The molecule has 1 atom stereocenters. The van der Waals surface area contributed by atoms with Crippen molar-refractivity contribution in [1.29, 1.82) is 0 Å². The first kappa shape index (κ1) is 27.0. The fourth-order valence-electron chi connectivity index (χ4n) is 5.97. The Balaban J connectivity index is 1.06. The highest BCUT2D eigenvalue weighted by Crippen LogP contribution is 2.38. The van der Waals surface area contributed by atoms with Gasteiger partial charge in [0.1, 0.15) is 11.6 Å². The van der Waals surface area contributed by atoms with Crippen LogP contribution in [0.15, 0.2) is 41.3 Å². The SMILES string of the molecule is CCC1OB(O)c2cc(OCCCN3CCN(c4cc5c(cc4F)c(=O)c(C(C)=O)cn5C4CC4)CC3)ccc21. The number of fused-ring (bicyclic) bond motifs is 2. The minimum Gasteiger partial charge on any atom is -0.494 e. The van der Waals surface area contributed by atoms with Crippen molar-refractivity contribution >= 4 is 35.0 Å². The second-order valence-electron chi connectivity index (χ2n) is 11.1. The van der Waals surface area contributed by atoms with E-state index in [1.807, 2.05) is 34.6 Å². The summed E-state index contributed by atoms with van der Waals surface area (Å²) < 4.78 is 28.8. The Morgan fingerprint density at radius 1 is 1.18 bits per heavy atom. The third-order valence-corrected chi connectivity index (χ3v) is 8.36. The van der Waals surface area contributed by atoms with Gasteiger partial charge in [-0.3, -0.25) is 14.5 Å². The molecule has 3 heterocycles. The number of Topliss-reactive ketones (excluding diaryl/α,β-unsaturated/α-hetero) is 1. The van der Waals surface area contributed by atoms with Crippen LogP contribution in [0.25, 0.3) is 10.9 Å². The van der Waals surface area contributed by atoms with E-state index in [-0.39, 0.29) is 28.9 Å². The Morgan fingerprint density at radius 3 is 2.65 bits per heavy atom. The topological polar surface area (TPSA) is 84.2 Å². The predicted molar refractivity (Wildman–Crippen MR) is 153 cm³/mol. The maximum atomic E-state index is 15.3. The number of anilines is 1. The Hall–Kier alpha value is -3.21. The van der Waals surface area contributed by atoms with Gasteiger partial charge < -0.3 is 23.9 Å². The first-order valence-electron chi connectivity index (χ1n) is 14.3. The molecule has 1 saturated carbocycles. The Kier molecular flexibility index (Phi) is 7.42. The van der Waals surface area contributed by atoms with Gasteiger partial charge >= 0.3 is 7.12 Å². The quantitative estimate of drug-likeness (QED) is 0.250. The summed E-state index contributed by atoms with van der Waals surface area (Å²) in [5.74, 6) is 0.0116. The highest BCUT2D eigenvalue weighted by atomic mass is 19.1. The fourth-order valence-corrected chi connectivity index (χ4v) is 5.97. The minimum atomic E-state index is -0.897. The molecule has 1 aliphatic carbocycles. The number of nitrogens with zero attached hydrogens (tertiary/aromatic N) is 3. The number of hydrogen-bond donors (Lipinski definition) is 1. The third kappa shape index (κ3) is 5.16. The number of pyridine rings is 1. The monoisotopic (exact) mass is 547 g/mol. The van der Waals surface area contributed by atoms with Gasteiger partial charge in [0, 0.05) is 50.3 Å². The predicted octanol–water partition coefficient (Wildman–Crippen LogP) is 3.44. The van der Waals surface area contributed by atoms with Gasteiger partial charge in [0.15, 0.2) is 11.2 Å². The number of aromatic nitrogens is 1. The number of benzene rings is 2. The largest absolute Gasteiger partial charge is 0.494 e. The number of halogens is 1. The van der Waals surface area contributed by atoms with Crippen LogP contribution in [0.2, 0.25) is 0 Å². The first-order chi connectivity index (χ1) is 19.3. The first-order valence-corrected chi connectivity index (χ1v) is 14.3. The lowest BCUT2D eigenvalue weighted by atomic mass is 9.79. The van der Waals surface area contributed by atoms with Gasteiger partial charge in [0.25, 0.3) is 0 Å². The average Bonchev–Trinajstić information content (AvgIpc) is 3.75. The van der Waals surface area contributed by atoms with Crippen LogP contribution < -0.4 is 20.5 Å². The molecule has 2 aromatic carbocycles. The Morgan fingerprint density at radius 2 is 1.95 bits per heavy atom. The summed E-state index contributed by atoms with van der Waals surface area (Å²) in [5, 5.41) is 10.4. The zero-order chi connectivity index (χ0) is 28.0. The van der Waals surface area contributed by atoms with Crippen molar-refractivity contribution in [2.24, 2.45) is 0 Å². The summed E-state index contributed by atoms with van der Waals surface area (Å²) in [6.45, 7) is 7.83. The van der Waals surface area contributed by atoms with Crippen LogP contribution in [0.1, 0.15) is 67.6 Å². The molecule has 1 aromatic heterocycles. The maximum Gasteiger partial charge on any atom is 0.492 e. The lowest BCUT2D eigenvalue weighted by Crippen LogP contribution is -2.47. The lowest BCUT2D eigenvalue weighted by molar-refractivity contribution is 0.101. The highest BCUT2D eigenvalue weighted by Gasteiger charge is 2.34. The van der Waals surface area contributed by atoms with Crippen molar-refractivity contribution in [3.63, 3.8) is 0 Å². The molecule has 10 heteroatoms. The molecule has 40 heavy (non-hydrogen) atoms. The molecule has 1 saturated heterocycles. The van der Waals surface area contributed by atoms with Crippen LogP contribution in [0.4, 0.5) is 10.1 Å². The minimum absolute atomic E-state index is 0.0662. The van der Waals surface area contributed by atoms with Crippen LogP contribution in [0.3, 0.4) is 0 Å². The van der Waals surface area contributed by atoms with Crippen molar-refractivity contribution in [2.75, 3.05) is 44.2 Å². The molecular weight excluding hydrogens is 512 g/mol. The summed E-state index contributed by atoms with van der Waals surface area (Å²) in [7, 11) is -0.897. The van der Waals surface area contributed by atoms with Gasteiger partial charge in [-0.05, 0) is 67.9 Å². The van der Waals surface area contributed by atoms with E-state index in [0.29, 0.717) is 30.9 Å². The van der Waals surface area contributed by atoms with Crippen LogP contribution in [-0.2, 0) is 4.65 Å². The summed E-state index contributed by atoms with van der Waals surface area (Å²) in [4.78, 5) is 29.3. The molecule has 1 N–H and O–H groups in total. The van der Waals surface area contributed by atoms with E-state index in [1.54, 1.807) is 12.3 Å². The van der Waals surface area contributed by atoms with Crippen molar-refractivity contribution < 1.29 is 23.6 Å². The van der Waals surface area contributed by atoms with Crippen molar-refractivity contribution in [2.45, 2.75) is 51.7 Å². The van der Waals surface area contributed by atoms with Gasteiger partial charge in [-0.2, -0.15) is 0 Å². The van der Waals surface area contributed by atoms with Crippen molar-refractivity contribution in [3.05, 3.63) is 63.7 Å². The zero-order valence-corrected chi connectivity index (χ0v) is 23.1. The Labute approximate surface area is 233 Å². The molecule has 210 valence electrons. The molecule has 3 aromatic rings. The normalized spacial score (nSPS) is 19.4. The van der Waals surface area contributed by atoms with Gasteiger partial charge in [0.2, 0.25) is 0 Å². The molecule has 1 unspecified atom stereocenters. The highest BCUT2D eigenvalue weighted by molar-refractivity contribution is 6.61. The number of carbonyl (C=O) groups excluding carboxylic acids is 1. The average molecular weight is 547 g/mol. The molecule has 8 nitrogen and oxygen atoms in total. The van der Waals surface area contributed by atoms with Gasteiger partial charge in [0.05, 0.1) is 29.5 Å². The molecule has 6 rings (SSSR count). The maximum absolute atomic E-state index is 15.3. The molecule has 0 amide bonds. The standard InChI is InChI=1S/C30H35BFN3O5/c1-3-29-22-8-7-21(15-25(22)31(38)40-29)39-14-4-9-33-10-12-34(13-11-33)28-17-27-23(16-26(28)32)30(37)24(19(2)36)18-35(27)20-5-6-20/h7-8,15-18,20,29,38H,3-6,9-14H2,1-2H3. The number of hydrogen-bond acceptors (Lipinski definition) is 7. The van der Waals surface area contributed by atoms with E-state index in [1.165, 1.54) is 13.0 Å². The molecule has 0 radical (unpaired) electrons. The lowest BCUT2D eigenvalue weighted by Gasteiger charge is -2.36. The van der Waals surface area contributed by atoms with E-state index in [9.17, 15) is 14.6 Å². The summed E-state index contributed by atoms with van der Waals surface area (Å²) in [6, 6.07) is 9.14. The second kappa shape index (κ2) is 11.0. The third-order valence-electron chi connectivity index (χ3n) is 8.36. The van der Waals surface area contributed by atoms with E-state index < -0.39 is 18.4 Å². The van der Waals surface area contributed by atoms with E-state index >= 15 is 4.39 Å². The van der Waals surface area contributed by atoms with Crippen LogP contribution in [0, 0.1) is 5.82 Å². The number of carbonyl (C=O) groups is 1. The van der Waals surface area contributed by atoms with Gasteiger partial charge in [-0.25, -0.2) is 4.39 Å². The summed E-state index contributed by atoms with van der Waals surface area (Å²) >= 11 is 0. The molecule has 0 bridgehead atoms. The van der Waals surface area contributed by atoms with E-state index in [2.05, 4.69) is 4.90 Å².